The number of rotatable bonds is 6. The zero-order valence-electron chi connectivity index (χ0n) is 12.2. The van der Waals surface area contributed by atoms with Crippen LogP contribution in [0, 0.1) is 11.8 Å². The lowest BCUT2D eigenvalue weighted by Crippen LogP contribution is -2.37. The van der Waals surface area contributed by atoms with Gasteiger partial charge in [-0.1, -0.05) is 12.1 Å². The molecule has 0 spiro atoms. The maximum Gasteiger partial charge on any atom is 0.229 e. The van der Waals surface area contributed by atoms with Crippen LogP contribution in [0.5, 0.6) is 0 Å². The van der Waals surface area contributed by atoms with Crippen molar-refractivity contribution in [3.63, 3.8) is 0 Å². The highest BCUT2D eigenvalue weighted by atomic mass is 16.2. The monoisotopic (exact) mass is 272 g/mol. The molecule has 3 rings (SSSR count). The van der Waals surface area contributed by atoms with Crippen LogP contribution in [-0.4, -0.2) is 23.9 Å². The van der Waals surface area contributed by atoms with Gasteiger partial charge in [0.1, 0.15) is 0 Å². The van der Waals surface area contributed by atoms with Gasteiger partial charge >= 0.3 is 0 Å². The number of benzene rings is 1. The Hall–Kier alpha value is -1.51. The van der Waals surface area contributed by atoms with Crippen molar-refractivity contribution >= 4 is 11.6 Å². The number of hydrogen-bond acceptors (Lipinski definition) is 2. The van der Waals surface area contributed by atoms with Crippen molar-refractivity contribution in [3.05, 3.63) is 29.8 Å². The van der Waals surface area contributed by atoms with Gasteiger partial charge in [0.15, 0.2) is 0 Å². The zero-order chi connectivity index (χ0) is 14.1. The van der Waals surface area contributed by atoms with Crippen LogP contribution in [0.4, 0.5) is 5.69 Å². The first-order valence-electron chi connectivity index (χ1n) is 7.77. The fourth-order valence-electron chi connectivity index (χ4n) is 2.72. The first-order valence-corrected chi connectivity index (χ1v) is 7.77. The van der Waals surface area contributed by atoms with Crippen molar-refractivity contribution in [1.82, 2.24) is 4.90 Å². The highest BCUT2D eigenvalue weighted by Crippen LogP contribution is 2.35. The third-order valence-electron chi connectivity index (χ3n) is 4.44. The number of nitrogens with two attached hydrogens (primary N) is 1. The summed E-state index contributed by atoms with van der Waals surface area (Å²) in [6.45, 7) is 3.92. The summed E-state index contributed by atoms with van der Waals surface area (Å²) >= 11 is 0. The number of nitrogen functional groups attached to an aromatic ring is 1. The average molecular weight is 272 g/mol. The Kier molecular flexibility index (Phi) is 3.68. The molecule has 0 aromatic heterocycles. The molecule has 1 amide bonds. The van der Waals surface area contributed by atoms with Crippen LogP contribution in [0.15, 0.2) is 24.3 Å². The predicted octanol–water partition coefficient (Wildman–Crippen LogP) is 3.02. The van der Waals surface area contributed by atoms with Crippen LogP contribution in [0.1, 0.15) is 44.1 Å². The molecule has 3 heteroatoms. The summed E-state index contributed by atoms with van der Waals surface area (Å²) in [5.41, 5.74) is 7.60. The summed E-state index contributed by atoms with van der Waals surface area (Å²) < 4.78 is 0. The van der Waals surface area contributed by atoms with Crippen molar-refractivity contribution in [2.45, 2.75) is 38.5 Å². The second-order valence-electron chi connectivity index (χ2n) is 6.52. The summed E-state index contributed by atoms with van der Waals surface area (Å²) in [7, 11) is 0. The quantitative estimate of drug-likeness (QED) is 0.809. The molecule has 0 heterocycles. The molecule has 2 saturated carbocycles. The second kappa shape index (κ2) is 5.47. The minimum Gasteiger partial charge on any atom is -0.399 e. The van der Waals surface area contributed by atoms with Gasteiger partial charge in [0.25, 0.3) is 0 Å². The van der Waals surface area contributed by atoms with Crippen molar-refractivity contribution in [2.75, 3.05) is 18.8 Å². The highest BCUT2D eigenvalue weighted by molar-refractivity contribution is 5.83. The molecule has 2 N–H and O–H groups in total. The Morgan fingerprint density at radius 2 is 1.85 bits per heavy atom. The molecule has 2 aliphatic carbocycles. The Morgan fingerprint density at radius 1 is 1.25 bits per heavy atom. The molecule has 2 fully saturated rings. The number of hydrogen-bond donors (Lipinski definition) is 1. The number of nitrogens with zero attached hydrogens (tertiary/aromatic N) is 1. The minimum atomic E-state index is -0.0870. The molecule has 0 aliphatic heterocycles. The maximum absolute atomic E-state index is 12.8. The molecule has 0 bridgehead atoms. The molecule has 108 valence electrons. The Labute approximate surface area is 121 Å². The van der Waals surface area contributed by atoms with Crippen molar-refractivity contribution in [2.24, 2.45) is 11.8 Å². The molecule has 1 aromatic carbocycles. The number of amides is 1. The van der Waals surface area contributed by atoms with Crippen LogP contribution in [0.2, 0.25) is 0 Å². The number of carbonyl (C=O) groups excluding carboxylic acids is 1. The topological polar surface area (TPSA) is 46.3 Å². The molecule has 3 nitrogen and oxygen atoms in total. The van der Waals surface area contributed by atoms with E-state index < -0.39 is 0 Å². The van der Waals surface area contributed by atoms with Gasteiger partial charge in [0.05, 0.1) is 5.92 Å². The predicted molar refractivity (Wildman–Crippen MR) is 81.3 cm³/mol. The second-order valence-corrected chi connectivity index (χ2v) is 6.52. The third kappa shape index (κ3) is 3.33. The van der Waals surface area contributed by atoms with Gasteiger partial charge in [-0.15, -0.1) is 0 Å². The lowest BCUT2D eigenvalue weighted by Gasteiger charge is -2.26. The van der Waals surface area contributed by atoms with Crippen LogP contribution in [0.25, 0.3) is 0 Å². The maximum atomic E-state index is 12.8. The average Bonchev–Trinajstić information content (AvgIpc) is 3.31. The van der Waals surface area contributed by atoms with E-state index in [9.17, 15) is 4.79 Å². The zero-order valence-corrected chi connectivity index (χ0v) is 12.2. The number of anilines is 1. The Morgan fingerprint density at radius 3 is 2.35 bits per heavy atom. The van der Waals surface area contributed by atoms with Crippen molar-refractivity contribution < 1.29 is 4.79 Å². The van der Waals surface area contributed by atoms with E-state index in [1.165, 1.54) is 25.7 Å². The molecule has 20 heavy (non-hydrogen) atoms. The lowest BCUT2D eigenvalue weighted by molar-refractivity contribution is -0.133. The van der Waals surface area contributed by atoms with Crippen LogP contribution < -0.4 is 5.73 Å². The Bertz CT molecular complexity index is 478. The first kappa shape index (κ1) is 13.5. The van der Waals surface area contributed by atoms with E-state index in [4.69, 9.17) is 5.73 Å². The SMILES string of the molecule is CC(C(=O)N(CC1CC1)CC1CC1)c1cccc(N)c1. The van der Waals surface area contributed by atoms with Gasteiger partial charge in [-0.3, -0.25) is 4.79 Å². The van der Waals surface area contributed by atoms with Gasteiger partial charge in [0, 0.05) is 18.8 Å². The molecule has 1 aromatic rings. The van der Waals surface area contributed by atoms with E-state index >= 15 is 0 Å². The minimum absolute atomic E-state index is 0.0870. The van der Waals surface area contributed by atoms with E-state index in [0.717, 1.165) is 36.2 Å². The van der Waals surface area contributed by atoms with E-state index in [1.807, 2.05) is 31.2 Å². The van der Waals surface area contributed by atoms with Gasteiger partial charge < -0.3 is 10.6 Å². The van der Waals surface area contributed by atoms with Gasteiger partial charge in [-0.05, 0) is 62.1 Å². The van der Waals surface area contributed by atoms with Gasteiger partial charge in [-0.2, -0.15) is 0 Å². The molecule has 0 saturated heterocycles. The molecule has 2 aliphatic rings. The van der Waals surface area contributed by atoms with Gasteiger partial charge in [-0.25, -0.2) is 0 Å². The van der Waals surface area contributed by atoms with Crippen LogP contribution >= 0.6 is 0 Å². The van der Waals surface area contributed by atoms with E-state index in [0.29, 0.717) is 0 Å². The fourth-order valence-corrected chi connectivity index (χ4v) is 2.72. The Balaban J connectivity index is 1.69. The molecule has 1 atom stereocenters. The lowest BCUT2D eigenvalue weighted by atomic mass is 9.99. The van der Waals surface area contributed by atoms with Gasteiger partial charge in [0.2, 0.25) is 5.91 Å². The molecular weight excluding hydrogens is 248 g/mol. The van der Waals surface area contributed by atoms with Crippen LogP contribution in [-0.2, 0) is 4.79 Å². The molecular formula is C17H24N2O. The van der Waals surface area contributed by atoms with E-state index in [-0.39, 0.29) is 11.8 Å². The number of carbonyl (C=O) groups is 1. The largest absolute Gasteiger partial charge is 0.399 e. The summed E-state index contributed by atoms with van der Waals surface area (Å²) in [4.78, 5) is 14.9. The molecule has 1 unspecified atom stereocenters. The standard InChI is InChI=1S/C17H24N2O/c1-12(15-3-2-4-16(18)9-15)17(20)19(10-13-5-6-13)11-14-7-8-14/h2-4,9,12-14H,5-8,10-11,18H2,1H3. The van der Waals surface area contributed by atoms with Crippen LogP contribution in [0.3, 0.4) is 0 Å². The smallest absolute Gasteiger partial charge is 0.229 e. The summed E-state index contributed by atoms with van der Waals surface area (Å²) in [5, 5.41) is 0. The summed E-state index contributed by atoms with van der Waals surface area (Å²) in [5.74, 6) is 1.70. The first-order chi connectivity index (χ1) is 9.63. The van der Waals surface area contributed by atoms with Crippen molar-refractivity contribution in [3.8, 4) is 0 Å². The molecule has 0 radical (unpaired) electrons. The summed E-state index contributed by atoms with van der Waals surface area (Å²) in [6, 6.07) is 7.73. The van der Waals surface area contributed by atoms with Crippen molar-refractivity contribution in [1.29, 1.82) is 0 Å². The normalized spacial score (nSPS) is 19.6. The van der Waals surface area contributed by atoms with E-state index in [1.54, 1.807) is 0 Å². The summed E-state index contributed by atoms with van der Waals surface area (Å²) in [6.07, 6.45) is 5.17. The fraction of sp³-hybridized carbons (Fsp3) is 0.588. The highest BCUT2D eigenvalue weighted by Gasteiger charge is 2.33. The third-order valence-corrected chi connectivity index (χ3v) is 4.44. The van der Waals surface area contributed by atoms with E-state index in [2.05, 4.69) is 4.90 Å².